The summed E-state index contributed by atoms with van der Waals surface area (Å²) >= 11 is 0. The molecule has 0 radical (unpaired) electrons. The average Bonchev–Trinajstić information content (AvgIpc) is 2.34. The van der Waals surface area contributed by atoms with Crippen LogP contribution in [0.2, 0.25) is 0 Å². The van der Waals surface area contributed by atoms with Crippen molar-refractivity contribution in [2.45, 2.75) is 59.5 Å². The molecular formula is C18H27NO3. The predicted octanol–water partition coefficient (Wildman–Crippen LogP) is 3.30. The van der Waals surface area contributed by atoms with Crippen molar-refractivity contribution >= 4 is 11.8 Å². The molecule has 0 amide bonds. The van der Waals surface area contributed by atoms with E-state index in [1.165, 1.54) is 0 Å². The molecule has 0 saturated heterocycles. The first kappa shape index (κ1) is 18.4. The first-order valence-corrected chi connectivity index (χ1v) is 7.54. The van der Waals surface area contributed by atoms with Gasteiger partial charge in [0.15, 0.2) is 5.78 Å². The Balaban J connectivity index is 3.05. The lowest BCUT2D eigenvalue weighted by Gasteiger charge is -2.32. The molecule has 0 fully saturated rings. The van der Waals surface area contributed by atoms with Gasteiger partial charge < -0.3 is 10.4 Å². The number of aromatic carboxylic acids is 1. The maximum atomic E-state index is 12.7. The van der Waals surface area contributed by atoms with Gasteiger partial charge in [-0.15, -0.1) is 0 Å². The number of hydrogen-bond donors (Lipinski definition) is 2. The fourth-order valence-corrected chi connectivity index (χ4v) is 2.32. The van der Waals surface area contributed by atoms with Gasteiger partial charge in [0, 0.05) is 11.0 Å². The van der Waals surface area contributed by atoms with Gasteiger partial charge in [0.25, 0.3) is 0 Å². The molecule has 1 atom stereocenters. The van der Waals surface area contributed by atoms with E-state index in [4.69, 9.17) is 5.11 Å². The second-order valence-electron chi connectivity index (χ2n) is 7.77. The number of nitrogens with one attached hydrogen (secondary N) is 1. The minimum atomic E-state index is -0.954. The number of carbonyl (C=O) groups is 2. The Morgan fingerprint density at radius 1 is 1.14 bits per heavy atom. The predicted molar refractivity (Wildman–Crippen MR) is 88.2 cm³/mol. The van der Waals surface area contributed by atoms with Gasteiger partial charge in [-0.3, -0.25) is 4.79 Å². The molecule has 2 N–H and O–H groups in total. The lowest BCUT2D eigenvalue weighted by molar-refractivity contribution is -0.128. The van der Waals surface area contributed by atoms with Gasteiger partial charge in [0.05, 0.1) is 11.6 Å². The molecule has 0 aromatic heterocycles. The molecule has 1 aromatic rings. The van der Waals surface area contributed by atoms with Crippen molar-refractivity contribution in [3.05, 3.63) is 35.4 Å². The van der Waals surface area contributed by atoms with Crippen LogP contribution in [0.4, 0.5) is 0 Å². The Morgan fingerprint density at radius 3 is 2.18 bits per heavy atom. The minimum Gasteiger partial charge on any atom is -0.478 e. The molecule has 22 heavy (non-hydrogen) atoms. The monoisotopic (exact) mass is 305 g/mol. The zero-order valence-electron chi connectivity index (χ0n) is 14.4. The smallest absolute Gasteiger partial charge is 0.335 e. The summed E-state index contributed by atoms with van der Waals surface area (Å²) in [5.41, 5.74) is 0.443. The molecule has 122 valence electrons. The Hall–Kier alpha value is -1.68. The third-order valence-electron chi connectivity index (χ3n) is 3.28. The first-order valence-electron chi connectivity index (χ1n) is 7.54. The zero-order chi connectivity index (χ0) is 17.1. The average molecular weight is 305 g/mol. The summed E-state index contributed by atoms with van der Waals surface area (Å²) in [4.78, 5) is 23.8. The highest BCUT2D eigenvalue weighted by molar-refractivity contribution is 5.89. The van der Waals surface area contributed by atoms with Crippen LogP contribution in [0, 0.1) is 5.41 Å². The van der Waals surface area contributed by atoms with Gasteiger partial charge in [0.1, 0.15) is 0 Å². The molecule has 1 aromatic carbocycles. The Morgan fingerprint density at radius 2 is 1.73 bits per heavy atom. The van der Waals surface area contributed by atoms with Crippen molar-refractivity contribution in [2.75, 3.05) is 0 Å². The van der Waals surface area contributed by atoms with Crippen LogP contribution >= 0.6 is 0 Å². The number of carboxylic acids is 1. The van der Waals surface area contributed by atoms with Crippen molar-refractivity contribution in [1.82, 2.24) is 5.32 Å². The fourth-order valence-electron chi connectivity index (χ4n) is 2.32. The quantitative estimate of drug-likeness (QED) is 0.876. The van der Waals surface area contributed by atoms with Crippen LogP contribution in [0.15, 0.2) is 24.3 Å². The van der Waals surface area contributed by atoms with Crippen LogP contribution in [-0.4, -0.2) is 28.4 Å². The normalized spacial score (nSPS) is 13.7. The van der Waals surface area contributed by atoms with Crippen LogP contribution in [-0.2, 0) is 11.2 Å². The van der Waals surface area contributed by atoms with Crippen LogP contribution in [0.5, 0.6) is 0 Å². The highest BCUT2D eigenvalue weighted by Gasteiger charge is 2.32. The van der Waals surface area contributed by atoms with Crippen molar-refractivity contribution < 1.29 is 14.7 Å². The van der Waals surface area contributed by atoms with E-state index in [1.54, 1.807) is 18.2 Å². The summed E-state index contributed by atoms with van der Waals surface area (Å²) in [6.07, 6.45) is 0.481. The van der Waals surface area contributed by atoms with E-state index in [-0.39, 0.29) is 22.9 Å². The SMILES string of the molecule is CC(C)(C)N[C@@H](Cc1cccc(C(=O)O)c1)C(=O)C(C)(C)C. The number of carbonyl (C=O) groups excluding carboxylic acids is 1. The van der Waals surface area contributed by atoms with Crippen LogP contribution in [0.25, 0.3) is 0 Å². The number of carboxylic acid groups (broad SMARTS) is 1. The maximum absolute atomic E-state index is 12.7. The molecule has 0 aliphatic heterocycles. The van der Waals surface area contributed by atoms with Crippen LogP contribution in [0.3, 0.4) is 0 Å². The topological polar surface area (TPSA) is 66.4 Å². The second-order valence-corrected chi connectivity index (χ2v) is 7.77. The van der Waals surface area contributed by atoms with E-state index < -0.39 is 11.4 Å². The van der Waals surface area contributed by atoms with Gasteiger partial charge in [-0.25, -0.2) is 4.79 Å². The standard InChI is InChI=1S/C18H27NO3/c1-17(2,3)15(20)14(19-18(4,5)6)11-12-8-7-9-13(10-12)16(21)22/h7-10,14,19H,11H2,1-6H3,(H,21,22)/t14-/m0/s1. The molecule has 0 heterocycles. The molecule has 0 aliphatic carbocycles. The van der Waals surface area contributed by atoms with E-state index in [0.29, 0.717) is 6.42 Å². The molecule has 0 aliphatic rings. The van der Waals surface area contributed by atoms with E-state index in [0.717, 1.165) is 5.56 Å². The summed E-state index contributed by atoms with van der Waals surface area (Å²) < 4.78 is 0. The number of hydrogen-bond acceptors (Lipinski definition) is 3. The number of benzene rings is 1. The Bertz CT molecular complexity index is 550. The molecular weight excluding hydrogens is 278 g/mol. The van der Waals surface area contributed by atoms with E-state index in [1.807, 2.05) is 47.6 Å². The second kappa shape index (κ2) is 6.61. The third kappa shape index (κ3) is 5.60. The number of Topliss-reactive ketones (excluding diaryl/α,β-unsaturated/α-hetero) is 1. The van der Waals surface area contributed by atoms with Crippen molar-refractivity contribution in [3.8, 4) is 0 Å². The van der Waals surface area contributed by atoms with Crippen LogP contribution < -0.4 is 5.32 Å². The van der Waals surface area contributed by atoms with E-state index in [9.17, 15) is 9.59 Å². The summed E-state index contributed by atoms with van der Waals surface area (Å²) in [6.45, 7) is 11.8. The molecule has 0 saturated carbocycles. The summed E-state index contributed by atoms with van der Waals surface area (Å²) in [5, 5.41) is 12.4. The Kier molecular flexibility index (Phi) is 5.52. The number of rotatable bonds is 5. The van der Waals surface area contributed by atoms with Gasteiger partial charge in [-0.2, -0.15) is 0 Å². The van der Waals surface area contributed by atoms with E-state index >= 15 is 0 Å². The maximum Gasteiger partial charge on any atom is 0.335 e. The summed E-state index contributed by atoms with van der Waals surface area (Å²) in [6, 6.07) is 6.43. The molecule has 4 nitrogen and oxygen atoms in total. The molecule has 0 bridgehead atoms. The largest absolute Gasteiger partial charge is 0.478 e. The molecule has 1 rings (SSSR count). The molecule has 4 heteroatoms. The van der Waals surface area contributed by atoms with Gasteiger partial charge in [-0.1, -0.05) is 32.9 Å². The van der Waals surface area contributed by atoms with Gasteiger partial charge in [0.2, 0.25) is 0 Å². The summed E-state index contributed by atoms with van der Waals surface area (Å²) in [5.74, 6) is -0.826. The fraction of sp³-hybridized carbons (Fsp3) is 0.556. The third-order valence-corrected chi connectivity index (χ3v) is 3.28. The highest BCUT2D eigenvalue weighted by atomic mass is 16.4. The summed E-state index contributed by atoms with van der Waals surface area (Å²) in [7, 11) is 0. The van der Waals surface area contributed by atoms with Crippen molar-refractivity contribution in [2.24, 2.45) is 5.41 Å². The van der Waals surface area contributed by atoms with Crippen LogP contribution in [0.1, 0.15) is 57.5 Å². The van der Waals surface area contributed by atoms with Crippen molar-refractivity contribution in [1.29, 1.82) is 0 Å². The van der Waals surface area contributed by atoms with E-state index in [2.05, 4.69) is 5.32 Å². The zero-order valence-corrected chi connectivity index (χ0v) is 14.4. The van der Waals surface area contributed by atoms with Crippen molar-refractivity contribution in [3.63, 3.8) is 0 Å². The minimum absolute atomic E-state index is 0.128. The first-order chi connectivity index (χ1) is 9.90. The lowest BCUT2D eigenvalue weighted by atomic mass is 9.83. The Labute approximate surface area is 132 Å². The number of ketones is 1. The van der Waals surface area contributed by atoms with Gasteiger partial charge in [-0.05, 0) is 44.9 Å². The highest BCUT2D eigenvalue weighted by Crippen LogP contribution is 2.21. The lowest BCUT2D eigenvalue weighted by Crippen LogP contribution is -2.51. The van der Waals surface area contributed by atoms with Gasteiger partial charge >= 0.3 is 5.97 Å². The molecule has 0 unspecified atom stereocenters. The molecule has 0 spiro atoms.